The monoisotopic (exact) mass is 310 g/mol. The molecule has 1 amide bonds. The lowest BCUT2D eigenvalue weighted by atomic mass is 10.0. The summed E-state index contributed by atoms with van der Waals surface area (Å²) in [4.78, 5) is 19.1. The predicted octanol–water partition coefficient (Wildman–Crippen LogP) is 1.44. The van der Waals surface area contributed by atoms with Crippen LogP contribution in [0.2, 0.25) is 0 Å². The summed E-state index contributed by atoms with van der Waals surface area (Å²) in [5.74, 6) is -1.45. The molecule has 0 radical (unpaired) electrons. The second kappa shape index (κ2) is 6.00. The van der Waals surface area contributed by atoms with Crippen molar-refractivity contribution in [1.29, 1.82) is 0 Å². The molecular weight excluding hydrogens is 294 g/mol. The third kappa shape index (κ3) is 2.68. The first-order valence-electron chi connectivity index (χ1n) is 7.19. The fraction of sp³-hybridized carbons (Fsp3) is 0.467. The van der Waals surface area contributed by atoms with E-state index in [1.54, 1.807) is 4.90 Å². The molecule has 0 bridgehead atoms. The SMILES string of the molecule is O=C(C1CC(c2cc(F)ccc2F)=NO1)N1CCC[C@@H]1CO. The lowest BCUT2D eigenvalue weighted by Crippen LogP contribution is -2.43. The van der Waals surface area contributed by atoms with Crippen LogP contribution in [0.25, 0.3) is 0 Å². The van der Waals surface area contributed by atoms with Crippen molar-refractivity contribution < 1.29 is 23.5 Å². The number of amides is 1. The van der Waals surface area contributed by atoms with E-state index in [0.717, 1.165) is 31.0 Å². The summed E-state index contributed by atoms with van der Waals surface area (Å²) in [7, 11) is 0. The van der Waals surface area contributed by atoms with Gasteiger partial charge in [0.2, 0.25) is 6.10 Å². The normalized spacial score (nSPS) is 24.3. The molecule has 1 unspecified atom stereocenters. The summed E-state index contributed by atoms with van der Waals surface area (Å²) < 4.78 is 27.0. The quantitative estimate of drug-likeness (QED) is 0.919. The molecule has 2 atom stereocenters. The van der Waals surface area contributed by atoms with E-state index in [1.807, 2.05) is 0 Å². The molecule has 2 aliphatic rings. The molecular formula is C15H16F2N2O3. The van der Waals surface area contributed by atoms with Crippen LogP contribution >= 0.6 is 0 Å². The second-order valence-corrected chi connectivity index (χ2v) is 5.47. The van der Waals surface area contributed by atoms with Crippen molar-refractivity contribution >= 4 is 11.6 Å². The van der Waals surface area contributed by atoms with Gasteiger partial charge in [-0.1, -0.05) is 5.16 Å². The number of likely N-dealkylation sites (tertiary alicyclic amines) is 1. The molecule has 1 aromatic rings. The Balaban J connectivity index is 1.71. The van der Waals surface area contributed by atoms with Gasteiger partial charge in [-0.3, -0.25) is 4.79 Å². The zero-order valence-corrected chi connectivity index (χ0v) is 11.8. The Hall–Kier alpha value is -2.02. The van der Waals surface area contributed by atoms with Crippen molar-refractivity contribution in [3.63, 3.8) is 0 Å². The Morgan fingerprint density at radius 2 is 2.27 bits per heavy atom. The van der Waals surface area contributed by atoms with Crippen LogP contribution in [0.5, 0.6) is 0 Å². The average molecular weight is 310 g/mol. The highest BCUT2D eigenvalue weighted by Crippen LogP contribution is 2.24. The molecule has 0 saturated carbocycles. The highest BCUT2D eigenvalue weighted by atomic mass is 19.1. The Kier molecular flexibility index (Phi) is 4.06. The molecule has 118 valence electrons. The summed E-state index contributed by atoms with van der Waals surface area (Å²) in [5, 5.41) is 13.0. The molecule has 2 aliphatic heterocycles. The number of hydrogen-bond acceptors (Lipinski definition) is 4. The smallest absolute Gasteiger partial charge is 0.267 e. The third-order valence-electron chi connectivity index (χ3n) is 4.05. The van der Waals surface area contributed by atoms with E-state index < -0.39 is 17.7 Å². The number of halogens is 2. The van der Waals surface area contributed by atoms with Gasteiger partial charge < -0.3 is 14.8 Å². The van der Waals surface area contributed by atoms with Gasteiger partial charge in [0.25, 0.3) is 5.91 Å². The van der Waals surface area contributed by atoms with Crippen molar-refractivity contribution in [2.45, 2.75) is 31.4 Å². The maximum Gasteiger partial charge on any atom is 0.267 e. The van der Waals surface area contributed by atoms with Gasteiger partial charge in [-0.15, -0.1) is 0 Å². The molecule has 0 aliphatic carbocycles. The van der Waals surface area contributed by atoms with Crippen molar-refractivity contribution in [1.82, 2.24) is 4.90 Å². The van der Waals surface area contributed by atoms with E-state index >= 15 is 0 Å². The first-order chi connectivity index (χ1) is 10.6. The molecule has 1 fully saturated rings. The van der Waals surface area contributed by atoms with E-state index in [-0.39, 0.29) is 36.3 Å². The van der Waals surface area contributed by atoms with E-state index in [0.29, 0.717) is 6.54 Å². The van der Waals surface area contributed by atoms with Gasteiger partial charge in [0.15, 0.2) is 0 Å². The van der Waals surface area contributed by atoms with Gasteiger partial charge in [-0.25, -0.2) is 8.78 Å². The van der Waals surface area contributed by atoms with Crippen molar-refractivity contribution in [3.8, 4) is 0 Å². The second-order valence-electron chi connectivity index (χ2n) is 5.47. The van der Waals surface area contributed by atoms with Crippen LogP contribution in [0, 0.1) is 11.6 Å². The van der Waals surface area contributed by atoms with Gasteiger partial charge in [0.1, 0.15) is 11.6 Å². The number of rotatable bonds is 3. The Morgan fingerprint density at radius 3 is 3.05 bits per heavy atom. The van der Waals surface area contributed by atoms with Crippen LogP contribution < -0.4 is 0 Å². The number of carbonyl (C=O) groups excluding carboxylic acids is 1. The zero-order chi connectivity index (χ0) is 15.7. The lowest BCUT2D eigenvalue weighted by Gasteiger charge is -2.24. The van der Waals surface area contributed by atoms with Crippen LogP contribution in [0.15, 0.2) is 23.4 Å². The van der Waals surface area contributed by atoms with Gasteiger partial charge >= 0.3 is 0 Å². The summed E-state index contributed by atoms with van der Waals surface area (Å²) >= 11 is 0. The van der Waals surface area contributed by atoms with Gasteiger partial charge in [0.05, 0.1) is 18.4 Å². The molecule has 7 heteroatoms. The van der Waals surface area contributed by atoms with Crippen molar-refractivity contribution in [3.05, 3.63) is 35.4 Å². The number of hydrogen-bond donors (Lipinski definition) is 1. The average Bonchev–Trinajstić information content (AvgIpc) is 3.17. The standard InChI is InChI=1S/C15H16F2N2O3/c16-9-3-4-12(17)11(6-9)13-7-14(22-18-13)15(21)19-5-1-2-10(19)8-20/h3-4,6,10,14,20H,1-2,5,7-8H2/t10-,14?/m1/s1. The summed E-state index contributed by atoms with van der Waals surface area (Å²) in [5.41, 5.74) is 0.227. The van der Waals surface area contributed by atoms with E-state index in [1.165, 1.54) is 0 Å². The fourth-order valence-electron chi connectivity index (χ4n) is 2.89. The van der Waals surface area contributed by atoms with Crippen LogP contribution in [-0.2, 0) is 9.63 Å². The molecule has 1 aromatic carbocycles. The van der Waals surface area contributed by atoms with E-state index in [4.69, 9.17) is 4.84 Å². The number of benzene rings is 1. The lowest BCUT2D eigenvalue weighted by molar-refractivity contribution is -0.143. The molecule has 0 aromatic heterocycles. The molecule has 3 rings (SSSR count). The minimum absolute atomic E-state index is 0.00966. The number of nitrogens with zero attached hydrogens (tertiary/aromatic N) is 2. The summed E-state index contributed by atoms with van der Waals surface area (Å²) in [6, 6.07) is 2.88. The summed E-state index contributed by atoms with van der Waals surface area (Å²) in [6.07, 6.45) is 0.829. The number of aliphatic hydroxyl groups excluding tert-OH is 1. The van der Waals surface area contributed by atoms with Crippen molar-refractivity contribution in [2.75, 3.05) is 13.2 Å². The maximum atomic E-state index is 13.7. The number of oxime groups is 1. The summed E-state index contributed by atoms with van der Waals surface area (Å²) in [6.45, 7) is 0.471. The molecule has 0 spiro atoms. The van der Waals surface area contributed by atoms with E-state index in [9.17, 15) is 18.7 Å². The third-order valence-corrected chi connectivity index (χ3v) is 4.05. The molecule has 1 saturated heterocycles. The maximum absolute atomic E-state index is 13.7. The first-order valence-corrected chi connectivity index (χ1v) is 7.19. The Labute approximate surface area is 126 Å². The zero-order valence-electron chi connectivity index (χ0n) is 11.8. The minimum Gasteiger partial charge on any atom is -0.394 e. The molecule has 5 nitrogen and oxygen atoms in total. The van der Waals surface area contributed by atoms with Gasteiger partial charge in [-0.2, -0.15) is 0 Å². The van der Waals surface area contributed by atoms with Crippen LogP contribution in [0.1, 0.15) is 24.8 Å². The number of aliphatic hydroxyl groups is 1. The van der Waals surface area contributed by atoms with E-state index in [2.05, 4.69) is 5.16 Å². The van der Waals surface area contributed by atoms with Gasteiger partial charge in [0, 0.05) is 18.5 Å². The largest absolute Gasteiger partial charge is 0.394 e. The Morgan fingerprint density at radius 1 is 1.45 bits per heavy atom. The minimum atomic E-state index is -0.843. The highest BCUT2D eigenvalue weighted by Gasteiger charge is 2.37. The van der Waals surface area contributed by atoms with Gasteiger partial charge in [-0.05, 0) is 31.0 Å². The Bertz CT molecular complexity index is 621. The number of carbonyl (C=O) groups is 1. The van der Waals surface area contributed by atoms with Crippen LogP contribution in [-0.4, -0.2) is 46.9 Å². The van der Waals surface area contributed by atoms with Crippen molar-refractivity contribution in [2.24, 2.45) is 5.16 Å². The fourth-order valence-corrected chi connectivity index (χ4v) is 2.89. The molecule has 1 N–H and O–H groups in total. The topological polar surface area (TPSA) is 62.1 Å². The van der Waals surface area contributed by atoms with Crippen LogP contribution in [0.4, 0.5) is 8.78 Å². The highest BCUT2D eigenvalue weighted by molar-refractivity contribution is 6.04. The predicted molar refractivity (Wildman–Crippen MR) is 74.2 cm³/mol. The molecule has 22 heavy (non-hydrogen) atoms. The first kappa shape index (κ1) is 14.9. The molecule has 2 heterocycles. The van der Waals surface area contributed by atoms with Crippen LogP contribution in [0.3, 0.4) is 0 Å².